The van der Waals surface area contributed by atoms with Gasteiger partial charge in [0.05, 0.1) is 5.69 Å². The van der Waals surface area contributed by atoms with E-state index in [1.54, 1.807) is 10.7 Å². The summed E-state index contributed by atoms with van der Waals surface area (Å²) in [6.07, 6.45) is 2.69. The van der Waals surface area contributed by atoms with Crippen LogP contribution < -0.4 is 21.4 Å². The van der Waals surface area contributed by atoms with Crippen LogP contribution in [0.15, 0.2) is 36.5 Å². The number of nitrogens with one attached hydrogen (secondary N) is 3. The fourth-order valence-electron chi connectivity index (χ4n) is 3.32. The van der Waals surface area contributed by atoms with Gasteiger partial charge in [0, 0.05) is 42.4 Å². The summed E-state index contributed by atoms with van der Waals surface area (Å²) in [5.74, 6) is 0.509. The average molecular weight is 411 g/mol. The number of anilines is 1. The smallest absolute Gasteiger partial charge is 0.242 e. The van der Waals surface area contributed by atoms with E-state index >= 15 is 0 Å². The molecule has 3 heterocycles. The summed E-state index contributed by atoms with van der Waals surface area (Å²) in [5.41, 5.74) is 3.27. The second-order valence-corrected chi connectivity index (χ2v) is 7.35. The summed E-state index contributed by atoms with van der Waals surface area (Å²) < 4.78 is 1.73. The van der Waals surface area contributed by atoms with Gasteiger partial charge in [-0.1, -0.05) is 29.8 Å². The van der Waals surface area contributed by atoms with E-state index in [0.29, 0.717) is 31.0 Å². The van der Waals surface area contributed by atoms with Crippen LogP contribution in [-0.2, 0) is 9.59 Å². The molecule has 148 valence electrons. The average Bonchev–Trinajstić information content (AvgIpc) is 3.31. The molecule has 1 fully saturated rings. The van der Waals surface area contributed by atoms with Gasteiger partial charge in [-0.2, -0.15) is 9.61 Å². The van der Waals surface area contributed by atoms with Gasteiger partial charge < -0.3 is 16.0 Å². The third-order valence-corrected chi connectivity index (χ3v) is 5.17. The van der Waals surface area contributed by atoms with Crippen LogP contribution in [0.1, 0.15) is 12.8 Å². The van der Waals surface area contributed by atoms with Crippen molar-refractivity contribution in [1.82, 2.24) is 25.2 Å². The molecule has 4 rings (SSSR count). The lowest BCUT2D eigenvalue weighted by Crippen LogP contribution is -2.43. The summed E-state index contributed by atoms with van der Waals surface area (Å²) in [5, 5.41) is 13.8. The molecule has 3 N–H and O–H groups in total. The maximum Gasteiger partial charge on any atom is 0.242 e. The van der Waals surface area contributed by atoms with Crippen LogP contribution in [0.4, 0.5) is 5.82 Å². The maximum absolute atomic E-state index is 12.1. The van der Waals surface area contributed by atoms with Gasteiger partial charge in [0.25, 0.3) is 0 Å². The van der Waals surface area contributed by atoms with E-state index in [9.17, 15) is 9.59 Å². The molecule has 1 saturated heterocycles. The van der Waals surface area contributed by atoms with Crippen molar-refractivity contribution in [1.29, 1.82) is 0 Å². The molecule has 1 atom stereocenters. The molecule has 1 aromatic carbocycles. The summed E-state index contributed by atoms with van der Waals surface area (Å²) >= 11 is 6.35. The monoisotopic (exact) mass is 410 g/mol. The predicted octanol–water partition coefficient (Wildman–Crippen LogP) is 0.115. The van der Waals surface area contributed by atoms with Crippen molar-refractivity contribution in [3.63, 3.8) is 0 Å². The SMILES string of the molecule is Bc1cnn2c(NCCNC(=O)C3CCC(=O)N3)cc(-c3ccccc3Cl)nc12. The molecule has 29 heavy (non-hydrogen) atoms. The van der Waals surface area contributed by atoms with Gasteiger partial charge in [-0.25, -0.2) is 4.98 Å². The molecular formula is C19H20BClN6O2. The first-order valence-corrected chi connectivity index (χ1v) is 9.82. The minimum Gasteiger partial charge on any atom is -0.368 e. The number of benzene rings is 1. The topological polar surface area (TPSA) is 100 Å². The van der Waals surface area contributed by atoms with Crippen molar-refractivity contribution in [2.45, 2.75) is 18.9 Å². The Labute approximate surface area is 173 Å². The summed E-state index contributed by atoms with van der Waals surface area (Å²) in [6.45, 7) is 0.906. The van der Waals surface area contributed by atoms with E-state index in [-0.39, 0.29) is 11.8 Å². The molecule has 0 radical (unpaired) electrons. The Morgan fingerprint density at radius 1 is 1.34 bits per heavy atom. The number of nitrogens with zero attached hydrogens (tertiary/aromatic N) is 3. The van der Waals surface area contributed by atoms with E-state index in [2.05, 4.69) is 21.0 Å². The number of fused-ring (bicyclic) bond motifs is 1. The Kier molecular flexibility index (Phi) is 5.39. The van der Waals surface area contributed by atoms with E-state index in [1.165, 1.54) is 0 Å². The van der Waals surface area contributed by atoms with Gasteiger partial charge in [-0.3, -0.25) is 9.59 Å². The van der Waals surface area contributed by atoms with Crippen LogP contribution in [0.25, 0.3) is 16.9 Å². The predicted molar refractivity (Wildman–Crippen MR) is 114 cm³/mol. The first-order chi connectivity index (χ1) is 14.0. The largest absolute Gasteiger partial charge is 0.368 e. The highest BCUT2D eigenvalue weighted by Crippen LogP contribution is 2.28. The van der Waals surface area contributed by atoms with Crippen molar-refractivity contribution in [3.05, 3.63) is 41.6 Å². The fourth-order valence-corrected chi connectivity index (χ4v) is 3.55. The Bertz CT molecular complexity index is 1090. The van der Waals surface area contributed by atoms with E-state index in [0.717, 1.165) is 28.2 Å². The zero-order chi connectivity index (χ0) is 20.4. The number of hydrogen-bond donors (Lipinski definition) is 3. The van der Waals surface area contributed by atoms with Gasteiger partial charge in [0.1, 0.15) is 19.7 Å². The molecule has 1 aliphatic heterocycles. The van der Waals surface area contributed by atoms with Crippen LogP contribution in [0.5, 0.6) is 0 Å². The van der Waals surface area contributed by atoms with Crippen molar-refractivity contribution in [2.24, 2.45) is 0 Å². The van der Waals surface area contributed by atoms with Gasteiger partial charge >= 0.3 is 0 Å². The highest BCUT2D eigenvalue weighted by molar-refractivity contribution is 6.36. The Hall–Kier alpha value is -3.07. The molecule has 1 aliphatic rings. The molecule has 0 spiro atoms. The van der Waals surface area contributed by atoms with Crippen molar-refractivity contribution >= 4 is 48.2 Å². The summed E-state index contributed by atoms with van der Waals surface area (Å²) in [7, 11) is 1.95. The van der Waals surface area contributed by atoms with Crippen LogP contribution in [0, 0.1) is 0 Å². The quantitative estimate of drug-likeness (QED) is 0.396. The number of carbonyl (C=O) groups is 2. The van der Waals surface area contributed by atoms with Gasteiger partial charge in [0.2, 0.25) is 11.8 Å². The normalized spacial score (nSPS) is 16.0. The van der Waals surface area contributed by atoms with Crippen LogP contribution >= 0.6 is 11.6 Å². The van der Waals surface area contributed by atoms with Gasteiger partial charge in [0.15, 0.2) is 5.65 Å². The molecule has 2 amide bonds. The lowest BCUT2D eigenvalue weighted by molar-refractivity contribution is -0.125. The second kappa shape index (κ2) is 8.12. The molecule has 10 heteroatoms. The number of hydrogen-bond acceptors (Lipinski definition) is 5. The number of carbonyl (C=O) groups excluding carboxylic acids is 2. The number of halogens is 1. The van der Waals surface area contributed by atoms with Gasteiger partial charge in [-0.05, 0) is 17.9 Å². The maximum atomic E-state index is 12.1. The highest BCUT2D eigenvalue weighted by atomic mass is 35.5. The third-order valence-electron chi connectivity index (χ3n) is 4.84. The highest BCUT2D eigenvalue weighted by Gasteiger charge is 2.26. The summed E-state index contributed by atoms with van der Waals surface area (Å²) in [4.78, 5) is 28.1. The summed E-state index contributed by atoms with van der Waals surface area (Å²) in [6, 6.07) is 9.00. The molecular weight excluding hydrogens is 391 g/mol. The Morgan fingerprint density at radius 3 is 2.93 bits per heavy atom. The lowest BCUT2D eigenvalue weighted by Gasteiger charge is -2.13. The Morgan fingerprint density at radius 2 is 2.17 bits per heavy atom. The minimum atomic E-state index is -0.435. The van der Waals surface area contributed by atoms with E-state index < -0.39 is 6.04 Å². The minimum absolute atomic E-state index is 0.0800. The molecule has 8 nitrogen and oxygen atoms in total. The molecule has 2 aromatic heterocycles. The molecule has 0 saturated carbocycles. The van der Waals surface area contributed by atoms with Crippen LogP contribution in [-0.4, -0.2) is 53.4 Å². The zero-order valence-corrected chi connectivity index (χ0v) is 16.7. The van der Waals surface area contributed by atoms with Crippen molar-refractivity contribution in [2.75, 3.05) is 18.4 Å². The van der Waals surface area contributed by atoms with E-state index in [4.69, 9.17) is 16.6 Å². The van der Waals surface area contributed by atoms with E-state index in [1.807, 2.05) is 38.2 Å². The lowest BCUT2D eigenvalue weighted by atomic mass is 10.0. The van der Waals surface area contributed by atoms with Gasteiger partial charge in [-0.15, -0.1) is 0 Å². The standard InChI is InChI=1S/C19H20BClN6O2/c20-12-10-24-27-16(22-7-8-23-19(29)14-5-6-17(28)25-14)9-15(26-18(12)27)11-3-1-2-4-13(11)21/h1-4,9-10,14,22H,5-8,20H2,(H,23,29)(H,25,28). The first kappa shape index (κ1) is 19.3. The third kappa shape index (κ3) is 4.05. The fraction of sp³-hybridized carbons (Fsp3) is 0.263. The number of amides is 2. The zero-order valence-electron chi connectivity index (χ0n) is 15.9. The van der Waals surface area contributed by atoms with Crippen molar-refractivity contribution in [3.8, 4) is 11.3 Å². The number of rotatable bonds is 6. The molecule has 3 aromatic rings. The van der Waals surface area contributed by atoms with Crippen molar-refractivity contribution < 1.29 is 9.59 Å². The molecule has 0 aliphatic carbocycles. The van der Waals surface area contributed by atoms with Crippen LogP contribution in [0.3, 0.4) is 0 Å². The molecule has 0 bridgehead atoms. The second-order valence-electron chi connectivity index (χ2n) is 6.95. The Balaban J connectivity index is 1.49. The van der Waals surface area contributed by atoms with Crippen LogP contribution in [0.2, 0.25) is 5.02 Å². The first-order valence-electron chi connectivity index (χ1n) is 9.44. The number of aromatic nitrogens is 3. The molecule has 1 unspecified atom stereocenters.